The molecular formula is C68H48F6N5OPt-3. The summed E-state index contributed by atoms with van der Waals surface area (Å²) >= 11 is 0. The smallest absolute Gasteiger partial charge is 0.136 e. The maximum atomic E-state index is 16.5. The van der Waals surface area contributed by atoms with E-state index >= 15 is 17.6 Å². The SMILES string of the molecule is CC(C)(C)c1ccnc(-n2c3[c-]c(Oc4[c-]c(N5[CH-]N(c6c(-c7c(F)cc(F)cc7F)cc(C(C)(C)C)cc6-c6c(F)cc(F)cc6F)c6ccccc65)cc(-n5c6ccccc6c6ccccc65)c4)ccc3c3ccccc32)c1.[Pt]. The molecule has 6 nitrogen and oxygen atoms in total. The van der Waals surface area contributed by atoms with Crippen molar-refractivity contribution < 1.29 is 52.1 Å². The molecule has 3 aromatic heterocycles. The van der Waals surface area contributed by atoms with Crippen molar-refractivity contribution in [3.8, 4) is 45.3 Å². The van der Waals surface area contributed by atoms with Gasteiger partial charge in [-0.3, -0.25) is 0 Å². The zero-order valence-electron chi connectivity index (χ0n) is 44.5. The van der Waals surface area contributed by atoms with Crippen LogP contribution in [0.2, 0.25) is 0 Å². The Labute approximate surface area is 478 Å². The molecule has 9 aromatic carbocycles. The number of ether oxygens (including phenoxy) is 1. The number of fused-ring (bicyclic) bond motifs is 7. The van der Waals surface area contributed by atoms with Crippen LogP contribution in [0.3, 0.4) is 0 Å². The van der Waals surface area contributed by atoms with Gasteiger partial charge in [-0.1, -0.05) is 125 Å². The van der Waals surface area contributed by atoms with Crippen LogP contribution in [0.1, 0.15) is 52.7 Å². The molecular weight excluding hydrogens is 1210 g/mol. The maximum absolute atomic E-state index is 16.5. The number of halogens is 6. The van der Waals surface area contributed by atoms with Crippen molar-refractivity contribution in [3.05, 3.63) is 241 Å². The van der Waals surface area contributed by atoms with Crippen molar-refractivity contribution in [1.82, 2.24) is 14.1 Å². The predicted molar refractivity (Wildman–Crippen MR) is 307 cm³/mol. The Hall–Kier alpha value is -8.60. The van der Waals surface area contributed by atoms with Gasteiger partial charge < -0.3 is 23.7 Å². The molecule has 0 N–H and O–H groups in total. The molecule has 0 bridgehead atoms. The number of benzene rings is 9. The molecule has 1 aliphatic heterocycles. The molecule has 0 saturated heterocycles. The van der Waals surface area contributed by atoms with E-state index in [4.69, 9.17) is 9.72 Å². The molecule has 0 amide bonds. The molecule has 0 spiro atoms. The van der Waals surface area contributed by atoms with Crippen LogP contribution < -0.4 is 14.5 Å². The standard InChI is InChI=1S/C68H48F6N5O.Pt/c1-67(2,3)39-25-26-75-63(29-39)79-59-20-12-9-17-49(59)50-24-23-45(37-62(50)79)80-46-35-43(34-44(36-46)78-57-18-10-7-15-47(57)48-16-8-11-19-58(48)78)76-38-77(61-22-14-13-21-60(61)76)66-51(64-53(71)30-41(69)31-54(64)72)27-40(68(4,5)6)28-52(66)65-55(73)32-42(70)33-56(65)74;/h7-34,36,38H,1-6H3;/q-3;. The minimum atomic E-state index is -1.25. The summed E-state index contributed by atoms with van der Waals surface area (Å²) in [7, 11) is 0. The average molecular weight is 1260 g/mol. The second kappa shape index (κ2) is 19.9. The predicted octanol–water partition coefficient (Wildman–Crippen LogP) is 18.8. The Morgan fingerprint density at radius 3 is 1.51 bits per heavy atom. The van der Waals surface area contributed by atoms with Crippen molar-refractivity contribution in [2.75, 3.05) is 9.80 Å². The molecule has 0 fully saturated rings. The number of hydrogen-bond acceptors (Lipinski definition) is 4. The zero-order valence-corrected chi connectivity index (χ0v) is 46.8. The summed E-state index contributed by atoms with van der Waals surface area (Å²) in [5.74, 6) is -5.91. The minimum absolute atomic E-state index is 0. The summed E-state index contributed by atoms with van der Waals surface area (Å²) in [5.41, 5.74) is 4.57. The number of rotatable bonds is 8. The van der Waals surface area contributed by atoms with Crippen LogP contribution in [-0.2, 0) is 31.9 Å². The summed E-state index contributed by atoms with van der Waals surface area (Å²) in [4.78, 5) is 8.25. The summed E-state index contributed by atoms with van der Waals surface area (Å²) in [6.45, 7) is 13.6. The van der Waals surface area contributed by atoms with Crippen molar-refractivity contribution >= 4 is 66.4 Å². The first-order valence-corrected chi connectivity index (χ1v) is 26.1. The number of anilines is 4. The zero-order chi connectivity index (χ0) is 55.5. The Bertz CT molecular complexity index is 4340. The summed E-state index contributed by atoms with van der Waals surface area (Å²) < 4.78 is 107. The Balaban J connectivity index is 0.00000651. The molecule has 13 rings (SSSR count). The number of pyridine rings is 1. The van der Waals surface area contributed by atoms with Gasteiger partial charge in [-0.25, -0.2) is 31.3 Å². The van der Waals surface area contributed by atoms with Gasteiger partial charge in [0, 0.05) is 108 Å². The molecule has 81 heavy (non-hydrogen) atoms. The van der Waals surface area contributed by atoms with E-state index in [0.717, 1.165) is 55.0 Å². The molecule has 4 heterocycles. The van der Waals surface area contributed by atoms with Crippen LogP contribution in [0.25, 0.3) is 77.4 Å². The fourth-order valence-corrected chi connectivity index (χ4v) is 11.1. The van der Waals surface area contributed by atoms with E-state index in [0.29, 0.717) is 58.3 Å². The molecule has 12 aromatic rings. The van der Waals surface area contributed by atoms with E-state index < -0.39 is 51.4 Å². The number of aromatic nitrogens is 3. The normalized spacial score (nSPS) is 12.7. The Morgan fingerprint density at radius 2 is 0.963 bits per heavy atom. The van der Waals surface area contributed by atoms with Gasteiger partial charge in [-0.2, -0.15) is 6.07 Å². The van der Waals surface area contributed by atoms with Gasteiger partial charge in [-0.15, -0.1) is 42.4 Å². The largest absolute Gasteiger partial charge is 0.509 e. The van der Waals surface area contributed by atoms with E-state index in [1.54, 1.807) is 40.7 Å². The van der Waals surface area contributed by atoms with Crippen LogP contribution >= 0.6 is 0 Å². The Morgan fingerprint density at radius 1 is 0.469 bits per heavy atom. The number of para-hydroxylation sites is 5. The second-order valence-corrected chi connectivity index (χ2v) is 22.2. The third kappa shape index (κ3) is 9.10. The molecule has 0 saturated carbocycles. The van der Waals surface area contributed by atoms with Crippen molar-refractivity contribution in [1.29, 1.82) is 0 Å². The average Bonchev–Trinajstić information content (AvgIpc) is 4.14. The third-order valence-electron chi connectivity index (χ3n) is 14.9. The molecule has 13 heteroatoms. The fraction of sp³-hybridized carbons (Fsp3) is 0.118. The monoisotopic (exact) mass is 1260 g/mol. The molecule has 0 unspecified atom stereocenters. The Kier molecular flexibility index (Phi) is 13.0. The number of nitrogens with zero attached hydrogens (tertiary/aromatic N) is 5. The first-order chi connectivity index (χ1) is 38.4. The van der Waals surface area contributed by atoms with E-state index in [1.807, 2.05) is 118 Å². The first-order valence-electron chi connectivity index (χ1n) is 26.1. The van der Waals surface area contributed by atoms with E-state index in [-0.39, 0.29) is 49.0 Å². The number of hydrogen-bond donors (Lipinski definition) is 0. The minimum Gasteiger partial charge on any atom is -0.509 e. The third-order valence-corrected chi connectivity index (χ3v) is 14.9. The van der Waals surface area contributed by atoms with Gasteiger partial charge >= 0.3 is 0 Å². The van der Waals surface area contributed by atoms with E-state index in [1.165, 1.54) is 0 Å². The molecule has 0 aliphatic carbocycles. The summed E-state index contributed by atoms with van der Waals surface area (Å²) in [6, 6.07) is 55.7. The van der Waals surface area contributed by atoms with Gasteiger partial charge in [0.1, 0.15) is 40.7 Å². The van der Waals surface area contributed by atoms with Gasteiger partial charge in [-0.05, 0) is 81.9 Å². The summed E-state index contributed by atoms with van der Waals surface area (Å²) in [6.07, 6.45) is 1.82. The second-order valence-electron chi connectivity index (χ2n) is 22.2. The van der Waals surface area contributed by atoms with Gasteiger partial charge in [0.05, 0.1) is 22.2 Å². The van der Waals surface area contributed by atoms with Crippen LogP contribution in [0.4, 0.5) is 49.1 Å². The van der Waals surface area contributed by atoms with Crippen LogP contribution in [0, 0.1) is 53.7 Å². The van der Waals surface area contributed by atoms with Crippen molar-refractivity contribution in [2.24, 2.45) is 0 Å². The van der Waals surface area contributed by atoms with Crippen LogP contribution in [0.5, 0.6) is 11.5 Å². The summed E-state index contributed by atoms with van der Waals surface area (Å²) in [5, 5.41) is 3.98. The topological polar surface area (TPSA) is 38.5 Å². The van der Waals surface area contributed by atoms with Crippen LogP contribution in [-0.4, -0.2) is 14.1 Å². The maximum Gasteiger partial charge on any atom is 0.136 e. The van der Waals surface area contributed by atoms with Crippen LogP contribution in [0.15, 0.2) is 176 Å². The van der Waals surface area contributed by atoms with E-state index in [2.05, 4.69) is 72.4 Å². The first kappa shape index (κ1) is 53.1. The molecule has 406 valence electrons. The van der Waals surface area contributed by atoms with Gasteiger partial charge in [0.15, 0.2) is 0 Å². The fourth-order valence-electron chi connectivity index (χ4n) is 11.1. The van der Waals surface area contributed by atoms with Gasteiger partial charge in [0.25, 0.3) is 0 Å². The molecule has 0 atom stereocenters. The van der Waals surface area contributed by atoms with E-state index in [9.17, 15) is 8.78 Å². The quantitative estimate of drug-likeness (QED) is 0.112. The van der Waals surface area contributed by atoms with Crippen molar-refractivity contribution in [3.63, 3.8) is 0 Å². The van der Waals surface area contributed by atoms with Crippen molar-refractivity contribution in [2.45, 2.75) is 52.4 Å². The van der Waals surface area contributed by atoms with Gasteiger partial charge in [0.2, 0.25) is 0 Å². The molecule has 0 radical (unpaired) electrons. The molecule has 1 aliphatic rings.